The topological polar surface area (TPSA) is 22.9 Å². The van der Waals surface area contributed by atoms with Crippen molar-refractivity contribution >= 4 is 50.8 Å². The van der Waals surface area contributed by atoms with Crippen LogP contribution < -0.4 is 14.7 Å². The molecule has 1 aromatic heterocycles. The highest BCUT2D eigenvalue weighted by atomic mass is 16.3. The lowest BCUT2D eigenvalue weighted by molar-refractivity contribution is 0.590. The van der Waals surface area contributed by atoms with Gasteiger partial charge < -0.3 is 19.1 Å². The molecule has 0 spiro atoms. The van der Waals surface area contributed by atoms with E-state index in [0.29, 0.717) is 0 Å². The number of aryl methyl sites for hydroxylation is 3. The third-order valence-electron chi connectivity index (χ3n) is 10.9. The molecule has 4 nitrogen and oxygen atoms in total. The minimum atomic E-state index is 0.00573. The van der Waals surface area contributed by atoms with Crippen molar-refractivity contribution in [2.24, 2.45) is 0 Å². The van der Waals surface area contributed by atoms with Crippen LogP contribution in [-0.4, -0.2) is 0 Å². The highest BCUT2D eigenvalue weighted by Crippen LogP contribution is 2.44. The molecule has 6 aromatic carbocycles. The van der Waals surface area contributed by atoms with E-state index >= 15 is 0 Å². The molecule has 0 aliphatic carbocycles. The van der Waals surface area contributed by atoms with Crippen molar-refractivity contribution in [1.29, 1.82) is 0 Å². The molecule has 0 atom stereocenters. The van der Waals surface area contributed by atoms with Gasteiger partial charge in [0.25, 0.3) is 0 Å². The average Bonchev–Trinajstić information content (AvgIpc) is 3.62. The van der Waals surface area contributed by atoms with Gasteiger partial charge in [-0.15, -0.1) is 0 Å². The number of rotatable bonds is 11. The summed E-state index contributed by atoms with van der Waals surface area (Å²) in [5.41, 5.74) is 15.7. The molecular formula is C55H57N3O. The van der Waals surface area contributed by atoms with Crippen molar-refractivity contribution in [1.82, 2.24) is 0 Å². The van der Waals surface area contributed by atoms with Gasteiger partial charge in [0.1, 0.15) is 11.8 Å². The number of benzene rings is 6. The van der Waals surface area contributed by atoms with Crippen LogP contribution in [0.4, 0.5) is 39.8 Å². The standard InChI is InChI=1S/C55H57N3O/c1-12-44(57(46-25-17-38(2)18-26-46)47-27-19-39(3)20-28-47)35-41(5)56(45-29-21-42(22-30-45)54(6,7)8)49-33-40(4)34-50(36-49)58(48-31-23-43(24-32-48)55(9,10)11)52-37-59-53-16-14-13-15-51(52)53/h12-37H,1,5H2,2-4,6-11H3/b44-35+. The van der Waals surface area contributed by atoms with Crippen molar-refractivity contribution < 1.29 is 4.42 Å². The van der Waals surface area contributed by atoms with Crippen molar-refractivity contribution in [2.45, 2.75) is 73.1 Å². The Bertz CT molecular complexity index is 2570. The molecular weight excluding hydrogens is 719 g/mol. The summed E-state index contributed by atoms with van der Waals surface area (Å²) in [5.74, 6) is 0. The second-order valence-electron chi connectivity index (χ2n) is 17.7. The van der Waals surface area contributed by atoms with Crippen LogP contribution in [-0.2, 0) is 10.8 Å². The Hall–Kier alpha value is -6.52. The quantitative estimate of drug-likeness (QED) is 0.122. The zero-order chi connectivity index (χ0) is 42.1. The molecule has 0 bridgehead atoms. The number of hydrogen-bond donors (Lipinski definition) is 0. The van der Waals surface area contributed by atoms with E-state index in [0.717, 1.165) is 67.7 Å². The number of hydrogen-bond acceptors (Lipinski definition) is 4. The third-order valence-corrected chi connectivity index (χ3v) is 10.9. The van der Waals surface area contributed by atoms with Gasteiger partial charge in [0.05, 0.1) is 5.69 Å². The van der Waals surface area contributed by atoms with E-state index in [1.54, 1.807) is 0 Å². The molecule has 0 aliphatic rings. The minimum Gasteiger partial charge on any atom is -0.462 e. The molecule has 0 N–H and O–H groups in total. The molecule has 0 amide bonds. The SMILES string of the molecule is C=C/C(=C\C(=C)N(c1ccc(C(C)(C)C)cc1)c1cc(C)cc(N(c2ccc(C(C)(C)C)cc2)c2coc3ccccc23)c1)N(c1ccc(C)cc1)c1ccc(C)cc1. The van der Waals surface area contributed by atoms with E-state index in [2.05, 4.69) is 217 Å². The van der Waals surface area contributed by atoms with Crippen molar-refractivity contribution in [3.05, 3.63) is 210 Å². The summed E-state index contributed by atoms with van der Waals surface area (Å²) in [5, 5.41) is 1.04. The zero-order valence-corrected chi connectivity index (χ0v) is 36.2. The number of para-hydroxylation sites is 1. The summed E-state index contributed by atoms with van der Waals surface area (Å²) in [7, 11) is 0. The lowest BCUT2D eigenvalue weighted by atomic mass is 9.87. The number of allylic oxidation sites excluding steroid dienone is 2. The van der Waals surface area contributed by atoms with Crippen molar-refractivity contribution in [2.75, 3.05) is 14.7 Å². The van der Waals surface area contributed by atoms with Crippen LogP contribution in [0.3, 0.4) is 0 Å². The Morgan fingerprint density at radius 1 is 0.525 bits per heavy atom. The molecule has 0 aliphatic heterocycles. The molecule has 4 heteroatoms. The Morgan fingerprint density at radius 3 is 1.53 bits per heavy atom. The number of fused-ring (bicyclic) bond motifs is 1. The van der Waals surface area contributed by atoms with Gasteiger partial charge in [-0.1, -0.05) is 126 Å². The van der Waals surface area contributed by atoms with Crippen LogP contribution in [0.25, 0.3) is 11.0 Å². The Morgan fingerprint density at radius 2 is 1.00 bits per heavy atom. The smallest absolute Gasteiger partial charge is 0.136 e. The molecule has 59 heavy (non-hydrogen) atoms. The maximum Gasteiger partial charge on any atom is 0.136 e. The summed E-state index contributed by atoms with van der Waals surface area (Å²) in [6.07, 6.45) is 5.93. The Kier molecular flexibility index (Phi) is 11.3. The van der Waals surface area contributed by atoms with Gasteiger partial charge in [-0.3, -0.25) is 0 Å². The maximum atomic E-state index is 6.18. The Balaban J connectivity index is 1.41. The van der Waals surface area contributed by atoms with Crippen LogP contribution in [0.1, 0.15) is 69.4 Å². The molecule has 0 saturated carbocycles. The molecule has 1 heterocycles. The van der Waals surface area contributed by atoms with Crippen LogP contribution in [0, 0.1) is 20.8 Å². The number of anilines is 7. The lowest BCUT2D eigenvalue weighted by Crippen LogP contribution is -2.20. The van der Waals surface area contributed by atoms with Crippen molar-refractivity contribution in [3.8, 4) is 0 Å². The fraction of sp³-hybridized carbons (Fsp3) is 0.200. The number of furan rings is 1. The third kappa shape index (κ3) is 8.83. The molecule has 0 radical (unpaired) electrons. The molecule has 7 rings (SSSR count). The van der Waals surface area contributed by atoms with Gasteiger partial charge in [0.2, 0.25) is 0 Å². The fourth-order valence-electron chi connectivity index (χ4n) is 7.55. The predicted molar refractivity (Wildman–Crippen MR) is 254 cm³/mol. The highest BCUT2D eigenvalue weighted by Gasteiger charge is 2.24. The summed E-state index contributed by atoms with van der Waals surface area (Å²) in [4.78, 5) is 6.80. The van der Waals surface area contributed by atoms with E-state index in [9.17, 15) is 0 Å². The zero-order valence-electron chi connectivity index (χ0n) is 36.2. The second kappa shape index (κ2) is 16.4. The van der Waals surface area contributed by atoms with Gasteiger partial charge in [0, 0.05) is 50.9 Å². The van der Waals surface area contributed by atoms with E-state index in [1.807, 2.05) is 24.5 Å². The first-order valence-corrected chi connectivity index (χ1v) is 20.5. The molecule has 7 aromatic rings. The largest absolute Gasteiger partial charge is 0.462 e. The highest BCUT2D eigenvalue weighted by molar-refractivity contribution is 5.97. The summed E-state index contributed by atoms with van der Waals surface area (Å²) in [6, 6.07) is 50.0. The van der Waals surface area contributed by atoms with E-state index in [1.165, 1.54) is 22.3 Å². The first-order chi connectivity index (χ1) is 28.1. The predicted octanol–water partition coefficient (Wildman–Crippen LogP) is 16.0. The van der Waals surface area contributed by atoms with E-state index in [-0.39, 0.29) is 10.8 Å². The monoisotopic (exact) mass is 775 g/mol. The fourth-order valence-corrected chi connectivity index (χ4v) is 7.55. The van der Waals surface area contributed by atoms with Crippen LogP contribution in [0.2, 0.25) is 0 Å². The van der Waals surface area contributed by atoms with E-state index < -0.39 is 0 Å². The van der Waals surface area contributed by atoms with E-state index in [4.69, 9.17) is 11.0 Å². The summed E-state index contributed by atoms with van der Waals surface area (Å²) >= 11 is 0. The van der Waals surface area contributed by atoms with Crippen molar-refractivity contribution in [3.63, 3.8) is 0 Å². The van der Waals surface area contributed by atoms with Gasteiger partial charge >= 0.3 is 0 Å². The maximum absolute atomic E-state index is 6.18. The van der Waals surface area contributed by atoms with Gasteiger partial charge in [-0.25, -0.2) is 0 Å². The van der Waals surface area contributed by atoms with Crippen LogP contribution in [0.15, 0.2) is 187 Å². The minimum absolute atomic E-state index is 0.00573. The van der Waals surface area contributed by atoms with Gasteiger partial charge in [-0.2, -0.15) is 0 Å². The lowest BCUT2D eigenvalue weighted by Gasteiger charge is -2.32. The molecule has 298 valence electrons. The second-order valence-corrected chi connectivity index (χ2v) is 17.7. The molecule has 0 saturated heterocycles. The normalized spacial score (nSPS) is 12.1. The van der Waals surface area contributed by atoms with Crippen LogP contribution in [0.5, 0.6) is 0 Å². The van der Waals surface area contributed by atoms with Crippen LogP contribution >= 0.6 is 0 Å². The van der Waals surface area contributed by atoms with Gasteiger partial charge in [0.15, 0.2) is 0 Å². The molecule has 0 fully saturated rings. The van der Waals surface area contributed by atoms with Gasteiger partial charge in [-0.05, 0) is 139 Å². The summed E-state index contributed by atoms with van der Waals surface area (Å²) in [6.45, 7) is 29.0. The Labute approximate surface area is 352 Å². The number of nitrogens with zero attached hydrogens (tertiary/aromatic N) is 3. The first kappa shape index (κ1) is 40.7. The summed E-state index contributed by atoms with van der Waals surface area (Å²) < 4.78 is 6.18. The first-order valence-electron chi connectivity index (χ1n) is 20.5. The average molecular weight is 776 g/mol. The molecule has 0 unspecified atom stereocenters.